The summed E-state index contributed by atoms with van der Waals surface area (Å²) in [5.74, 6) is 0.554. The molecule has 0 bridgehead atoms. The number of rotatable bonds is 4. The number of allylic oxidation sites excluding steroid dienone is 2. The van der Waals surface area contributed by atoms with Crippen molar-refractivity contribution >= 4 is 26.5 Å². The minimum atomic E-state index is -1.39. The Kier molecular flexibility index (Phi) is 4.47. The standard InChI is InChI=1S/C25H32Si2/c1-26(2,3)24-17-19(21-12-9-10-14-23(21)24)16-20-15-18-11-7-8-13-22(18)25(20)27(4,5)6/h7-14,17,19H,15-16H2,1-6H3. The Labute approximate surface area is 167 Å². The molecule has 2 heteroatoms. The molecule has 2 aliphatic rings. The first kappa shape index (κ1) is 18.7. The van der Waals surface area contributed by atoms with Crippen LogP contribution in [0.2, 0.25) is 39.3 Å². The second-order valence-corrected chi connectivity index (χ2v) is 20.3. The predicted molar refractivity (Wildman–Crippen MR) is 126 cm³/mol. The van der Waals surface area contributed by atoms with Gasteiger partial charge in [0.1, 0.15) is 0 Å². The Balaban J connectivity index is 1.77. The van der Waals surface area contributed by atoms with Crippen LogP contribution in [0.25, 0.3) is 10.4 Å². The molecule has 1 unspecified atom stereocenters. The summed E-state index contributed by atoms with van der Waals surface area (Å²) in [5, 5.41) is 3.39. The highest BCUT2D eigenvalue weighted by atomic mass is 28.3. The first-order chi connectivity index (χ1) is 12.7. The Morgan fingerprint density at radius 1 is 0.778 bits per heavy atom. The lowest BCUT2D eigenvalue weighted by molar-refractivity contribution is 0.824. The highest BCUT2D eigenvalue weighted by molar-refractivity contribution is 6.94. The zero-order valence-corrected chi connectivity index (χ0v) is 19.7. The van der Waals surface area contributed by atoms with Crippen molar-refractivity contribution in [1.29, 1.82) is 0 Å². The zero-order chi connectivity index (χ0) is 19.4. The molecule has 2 aliphatic carbocycles. The Morgan fingerprint density at radius 3 is 2.07 bits per heavy atom. The number of hydrogen-bond donors (Lipinski definition) is 0. The van der Waals surface area contributed by atoms with Crippen LogP contribution in [0.15, 0.2) is 60.2 Å². The summed E-state index contributed by atoms with van der Waals surface area (Å²) in [4.78, 5) is 0. The molecule has 0 N–H and O–H groups in total. The minimum Gasteiger partial charge on any atom is -0.0768 e. The molecule has 4 rings (SSSR count). The van der Waals surface area contributed by atoms with E-state index in [1.807, 2.05) is 0 Å². The Morgan fingerprint density at radius 2 is 1.41 bits per heavy atom. The van der Waals surface area contributed by atoms with E-state index in [9.17, 15) is 0 Å². The van der Waals surface area contributed by atoms with E-state index in [1.54, 1.807) is 32.7 Å². The van der Waals surface area contributed by atoms with Crippen molar-refractivity contribution < 1.29 is 0 Å². The maximum absolute atomic E-state index is 2.63. The van der Waals surface area contributed by atoms with E-state index in [-0.39, 0.29) is 0 Å². The van der Waals surface area contributed by atoms with Gasteiger partial charge in [0, 0.05) is 5.92 Å². The van der Waals surface area contributed by atoms with Gasteiger partial charge in [-0.3, -0.25) is 0 Å². The Bertz CT molecular complexity index is 949. The second-order valence-electron chi connectivity index (χ2n) is 10.3. The summed E-state index contributed by atoms with van der Waals surface area (Å²) >= 11 is 0. The van der Waals surface area contributed by atoms with E-state index in [2.05, 4.69) is 93.9 Å². The smallest absolute Gasteiger partial charge is 0.0768 e. The average molecular weight is 389 g/mol. The summed E-state index contributed by atoms with van der Waals surface area (Å²) in [6.07, 6.45) is 4.98. The number of hydrogen-bond acceptors (Lipinski definition) is 0. The maximum Gasteiger partial charge on any atom is 0.0783 e. The van der Waals surface area contributed by atoms with Gasteiger partial charge in [0.25, 0.3) is 0 Å². The summed E-state index contributed by atoms with van der Waals surface area (Å²) in [6, 6.07) is 18.3. The van der Waals surface area contributed by atoms with Crippen molar-refractivity contribution in [2.75, 3.05) is 0 Å². The fourth-order valence-electron chi connectivity index (χ4n) is 5.07. The van der Waals surface area contributed by atoms with Gasteiger partial charge in [-0.1, -0.05) is 110 Å². The summed E-state index contributed by atoms with van der Waals surface area (Å²) in [7, 11) is -2.72. The fraction of sp³-hybridized carbons (Fsp3) is 0.360. The third kappa shape index (κ3) is 3.34. The van der Waals surface area contributed by atoms with E-state index in [0.717, 1.165) is 6.42 Å². The monoisotopic (exact) mass is 388 g/mol. The number of benzene rings is 2. The molecule has 0 aliphatic heterocycles. The lowest BCUT2D eigenvalue weighted by Crippen LogP contribution is -2.23. The van der Waals surface area contributed by atoms with Crippen molar-refractivity contribution in [3.63, 3.8) is 0 Å². The molecule has 0 saturated carbocycles. The quantitative estimate of drug-likeness (QED) is 0.481. The van der Waals surface area contributed by atoms with E-state index in [1.165, 1.54) is 12.0 Å². The van der Waals surface area contributed by atoms with Gasteiger partial charge in [0.05, 0.1) is 16.1 Å². The molecule has 0 saturated heterocycles. The van der Waals surface area contributed by atoms with Crippen molar-refractivity contribution in [2.24, 2.45) is 0 Å². The van der Waals surface area contributed by atoms with Gasteiger partial charge < -0.3 is 0 Å². The van der Waals surface area contributed by atoms with Crippen molar-refractivity contribution in [2.45, 2.75) is 58.0 Å². The molecule has 140 valence electrons. The minimum absolute atomic E-state index is 0.554. The molecule has 1 atom stereocenters. The van der Waals surface area contributed by atoms with Crippen LogP contribution in [0.1, 0.15) is 34.6 Å². The fourth-order valence-corrected chi connectivity index (χ4v) is 9.11. The van der Waals surface area contributed by atoms with Crippen LogP contribution in [-0.2, 0) is 6.42 Å². The van der Waals surface area contributed by atoms with Crippen molar-refractivity contribution in [3.8, 4) is 0 Å². The van der Waals surface area contributed by atoms with Crippen LogP contribution in [0, 0.1) is 0 Å². The second kappa shape index (κ2) is 6.46. The summed E-state index contributed by atoms with van der Waals surface area (Å²) < 4.78 is 0. The summed E-state index contributed by atoms with van der Waals surface area (Å²) in [6.45, 7) is 15.0. The number of fused-ring (bicyclic) bond motifs is 2. The van der Waals surface area contributed by atoms with Crippen LogP contribution in [0.5, 0.6) is 0 Å². The topological polar surface area (TPSA) is 0 Å². The van der Waals surface area contributed by atoms with E-state index >= 15 is 0 Å². The molecule has 0 spiro atoms. The zero-order valence-electron chi connectivity index (χ0n) is 17.7. The summed E-state index contributed by atoms with van der Waals surface area (Å²) in [5.41, 5.74) is 7.90. The van der Waals surface area contributed by atoms with Crippen molar-refractivity contribution in [1.82, 2.24) is 0 Å². The van der Waals surface area contributed by atoms with Crippen LogP contribution >= 0.6 is 0 Å². The van der Waals surface area contributed by atoms with E-state index in [4.69, 9.17) is 0 Å². The molecule has 2 aromatic carbocycles. The molecule has 27 heavy (non-hydrogen) atoms. The average Bonchev–Trinajstić information content (AvgIpc) is 3.13. The van der Waals surface area contributed by atoms with Gasteiger partial charge in [0.2, 0.25) is 0 Å². The molecule has 0 nitrogen and oxygen atoms in total. The molecule has 0 amide bonds. The highest BCUT2D eigenvalue weighted by Crippen LogP contribution is 2.47. The lowest BCUT2D eigenvalue weighted by Gasteiger charge is -2.23. The van der Waals surface area contributed by atoms with Gasteiger partial charge in [-0.2, -0.15) is 0 Å². The van der Waals surface area contributed by atoms with Crippen LogP contribution in [-0.4, -0.2) is 16.1 Å². The SMILES string of the molecule is C[Si](C)(C)C1=CC(CC2=C([Si](C)(C)C)c3ccccc3C2)c2ccccc21. The first-order valence-corrected chi connectivity index (χ1v) is 17.3. The van der Waals surface area contributed by atoms with Gasteiger partial charge in [-0.25, -0.2) is 0 Å². The molecular formula is C25H32Si2. The van der Waals surface area contributed by atoms with Gasteiger partial charge >= 0.3 is 0 Å². The molecule has 0 radical (unpaired) electrons. The lowest BCUT2D eigenvalue weighted by atomic mass is 9.93. The third-order valence-electron chi connectivity index (χ3n) is 6.09. The van der Waals surface area contributed by atoms with Gasteiger partial charge in [-0.05, 0) is 35.1 Å². The van der Waals surface area contributed by atoms with Crippen LogP contribution < -0.4 is 0 Å². The predicted octanol–water partition coefficient (Wildman–Crippen LogP) is 7.32. The first-order valence-electron chi connectivity index (χ1n) is 10.3. The van der Waals surface area contributed by atoms with Gasteiger partial charge in [-0.15, -0.1) is 0 Å². The van der Waals surface area contributed by atoms with Crippen molar-refractivity contribution in [3.05, 3.63) is 82.4 Å². The molecule has 0 aromatic heterocycles. The van der Waals surface area contributed by atoms with Crippen LogP contribution in [0.3, 0.4) is 0 Å². The van der Waals surface area contributed by atoms with Crippen LogP contribution in [0.4, 0.5) is 0 Å². The van der Waals surface area contributed by atoms with Gasteiger partial charge in [0.15, 0.2) is 0 Å². The molecule has 0 heterocycles. The Hall–Kier alpha value is -1.65. The maximum atomic E-state index is 2.63. The molecular weight excluding hydrogens is 356 g/mol. The normalized spacial score (nSPS) is 19.2. The largest absolute Gasteiger partial charge is 0.0783 e. The van der Waals surface area contributed by atoms with E-state index < -0.39 is 16.1 Å². The van der Waals surface area contributed by atoms with E-state index in [0.29, 0.717) is 5.92 Å². The highest BCUT2D eigenvalue weighted by Gasteiger charge is 2.35. The third-order valence-corrected chi connectivity index (χ3v) is 10.3. The molecule has 2 aromatic rings. The molecule has 0 fully saturated rings.